The van der Waals surface area contributed by atoms with Gasteiger partial charge in [-0.15, -0.1) is 0 Å². The van der Waals surface area contributed by atoms with E-state index in [1.54, 1.807) is 23.1 Å². The molecule has 0 spiro atoms. The molecule has 5 nitrogen and oxygen atoms in total. The molecule has 0 saturated heterocycles. The van der Waals surface area contributed by atoms with Crippen LogP contribution in [0.4, 0.5) is 15.8 Å². The predicted octanol–water partition coefficient (Wildman–Crippen LogP) is 4.16. The molecule has 28 heavy (non-hydrogen) atoms. The first-order valence-electron chi connectivity index (χ1n) is 9.61. The van der Waals surface area contributed by atoms with Gasteiger partial charge < -0.3 is 10.1 Å². The van der Waals surface area contributed by atoms with Gasteiger partial charge in [0.1, 0.15) is 18.2 Å². The molecule has 0 radical (unpaired) electrons. The van der Waals surface area contributed by atoms with Gasteiger partial charge in [-0.1, -0.05) is 19.9 Å². The lowest BCUT2D eigenvalue weighted by Gasteiger charge is -2.38. The maximum Gasteiger partial charge on any atom is 0.258 e. The summed E-state index contributed by atoms with van der Waals surface area (Å²) in [6.07, 6.45) is 1.90. The minimum atomic E-state index is -0.398. The number of nitrogens with zero attached hydrogens (tertiary/aromatic N) is 1. The highest BCUT2D eigenvalue weighted by atomic mass is 19.1. The topological polar surface area (TPSA) is 58.6 Å². The molecule has 0 unspecified atom stereocenters. The largest absolute Gasteiger partial charge is 0.489 e. The van der Waals surface area contributed by atoms with E-state index in [1.807, 2.05) is 6.07 Å². The minimum Gasteiger partial charge on any atom is -0.489 e. The van der Waals surface area contributed by atoms with Gasteiger partial charge in [0.2, 0.25) is 5.91 Å². The lowest BCUT2D eigenvalue weighted by atomic mass is 9.97. The van der Waals surface area contributed by atoms with Gasteiger partial charge in [0.15, 0.2) is 0 Å². The Bertz CT molecular complexity index is 941. The third-order valence-corrected chi connectivity index (χ3v) is 5.19. The first-order chi connectivity index (χ1) is 13.4. The molecule has 6 heteroatoms. The zero-order valence-corrected chi connectivity index (χ0v) is 16.0. The summed E-state index contributed by atoms with van der Waals surface area (Å²) in [6.45, 7) is 4.51. The van der Waals surface area contributed by atoms with E-state index in [9.17, 15) is 14.0 Å². The van der Waals surface area contributed by atoms with E-state index in [1.165, 1.54) is 12.1 Å². The number of hydrogen-bond acceptors (Lipinski definition) is 3. The Hall–Kier alpha value is -2.89. The number of hydrogen-bond donors (Lipinski definition) is 1. The van der Waals surface area contributed by atoms with Crippen molar-refractivity contribution in [3.8, 4) is 5.75 Å². The summed E-state index contributed by atoms with van der Waals surface area (Å²) >= 11 is 0. The molecule has 0 aliphatic carbocycles. The van der Waals surface area contributed by atoms with Crippen LogP contribution in [0.2, 0.25) is 0 Å². The molecule has 0 bridgehead atoms. The first-order valence-corrected chi connectivity index (χ1v) is 9.61. The van der Waals surface area contributed by atoms with Crippen LogP contribution in [0.5, 0.6) is 5.75 Å². The maximum absolute atomic E-state index is 13.7. The van der Waals surface area contributed by atoms with Crippen LogP contribution in [0.3, 0.4) is 0 Å². The zero-order valence-electron chi connectivity index (χ0n) is 16.0. The van der Waals surface area contributed by atoms with Gasteiger partial charge in [-0.3, -0.25) is 14.5 Å². The number of ether oxygens (including phenoxy) is 1. The van der Waals surface area contributed by atoms with E-state index in [4.69, 9.17) is 4.74 Å². The highest BCUT2D eigenvalue weighted by Crippen LogP contribution is 2.37. The summed E-state index contributed by atoms with van der Waals surface area (Å²) in [4.78, 5) is 26.9. The average Bonchev–Trinajstić information content (AvgIpc) is 2.66. The number of fused-ring (bicyclic) bond motifs is 2. The van der Waals surface area contributed by atoms with E-state index in [0.717, 1.165) is 12.0 Å². The van der Waals surface area contributed by atoms with Crippen LogP contribution in [0, 0.1) is 11.7 Å². The third kappa shape index (κ3) is 3.46. The summed E-state index contributed by atoms with van der Waals surface area (Å²) < 4.78 is 19.4. The molecule has 146 valence electrons. The number of nitrogens with one attached hydrogen (secondary N) is 1. The Morgan fingerprint density at radius 3 is 2.86 bits per heavy atom. The van der Waals surface area contributed by atoms with Crippen molar-refractivity contribution in [2.75, 3.05) is 16.8 Å². The first kappa shape index (κ1) is 18.5. The number of amides is 2. The number of anilines is 2. The number of carbonyl (C=O) groups is 2. The van der Waals surface area contributed by atoms with Gasteiger partial charge in [0, 0.05) is 23.7 Å². The van der Waals surface area contributed by atoms with Crippen molar-refractivity contribution in [1.82, 2.24) is 0 Å². The van der Waals surface area contributed by atoms with Crippen molar-refractivity contribution in [2.45, 2.75) is 39.2 Å². The maximum atomic E-state index is 13.7. The Morgan fingerprint density at radius 1 is 1.25 bits per heavy atom. The second-order valence-electron chi connectivity index (χ2n) is 7.80. The molecule has 2 aromatic carbocycles. The molecular weight excluding hydrogens is 359 g/mol. The van der Waals surface area contributed by atoms with E-state index in [0.29, 0.717) is 48.1 Å². The normalized spacial score (nSPS) is 18.2. The quantitative estimate of drug-likeness (QED) is 0.867. The standard InChI is InChI=1S/C22H23FN2O3/c1-13(2)9-17-12-28-20-11-16(23)6-7-19(20)25(17)22(27)15-4-3-14-5-8-21(26)24-18(14)10-15/h3-4,6-7,10-11,13,17H,5,8-9,12H2,1-2H3,(H,24,26)/t17-/m0/s1. The monoisotopic (exact) mass is 382 g/mol. The van der Waals surface area contributed by atoms with Crippen molar-refractivity contribution in [3.63, 3.8) is 0 Å². The van der Waals surface area contributed by atoms with Gasteiger partial charge in [-0.2, -0.15) is 0 Å². The highest BCUT2D eigenvalue weighted by molar-refractivity contribution is 6.08. The summed E-state index contributed by atoms with van der Waals surface area (Å²) in [6, 6.07) is 9.53. The fourth-order valence-corrected chi connectivity index (χ4v) is 3.90. The Kier molecular flexibility index (Phi) is 4.79. The molecule has 0 fully saturated rings. The molecule has 2 aliphatic rings. The summed E-state index contributed by atoms with van der Waals surface area (Å²) in [5.41, 5.74) is 2.78. The van der Waals surface area contributed by atoms with Gasteiger partial charge in [-0.05, 0) is 48.6 Å². The predicted molar refractivity (Wildman–Crippen MR) is 105 cm³/mol. The van der Waals surface area contributed by atoms with Crippen LogP contribution >= 0.6 is 0 Å². The fraction of sp³-hybridized carbons (Fsp3) is 0.364. The van der Waals surface area contributed by atoms with Crippen molar-refractivity contribution in [3.05, 3.63) is 53.3 Å². The van der Waals surface area contributed by atoms with Crippen LogP contribution in [0.25, 0.3) is 0 Å². The Labute approximate surface area is 163 Å². The van der Waals surface area contributed by atoms with Crippen molar-refractivity contribution < 1.29 is 18.7 Å². The molecule has 2 aromatic rings. The van der Waals surface area contributed by atoms with Crippen molar-refractivity contribution in [2.24, 2.45) is 5.92 Å². The number of benzene rings is 2. The summed E-state index contributed by atoms with van der Waals surface area (Å²) in [7, 11) is 0. The molecule has 0 aromatic heterocycles. The average molecular weight is 382 g/mol. The summed E-state index contributed by atoms with van der Waals surface area (Å²) in [5, 5.41) is 2.84. The van der Waals surface area contributed by atoms with E-state index < -0.39 is 5.82 Å². The number of carbonyl (C=O) groups excluding carboxylic acids is 2. The Morgan fingerprint density at radius 2 is 2.07 bits per heavy atom. The third-order valence-electron chi connectivity index (χ3n) is 5.19. The lowest BCUT2D eigenvalue weighted by molar-refractivity contribution is -0.116. The SMILES string of the molecule is CC(C)C[C@H]1COc2cc(F)ccc2N1C(=O)c1ccc2c(c1)NC(=O)CC2. The second kappa shape index (κ2) is 7.26. The lowest BCUT2D eigenvalue weighted by Crippen LogP contribution is -2.47. The van der Waals surface area contributed by atoms with E-state index in [2.05, 4.69) is 19.2 Å². The minimum absolute atomic E-state index is 0.0398. The molecule has 1 N–H and O–H groups in total. The summed E-state index contributed by atoms with van der Waals surface area (Å²) in [5.74, 6) is 0.129. The molecule has 2 amide bonds. The molecule has 0 saturated carbocycles. The smallest absolute Gasteiger partial charge is 0.258 e. The van der Waals surface area contributed by atoms with Gasteiger partial charge in [0.05, 0.1) is 11.7 Å². The van der Waals surface area contributed by atoms with Crippen LogP contribution in [-0.4, -0.2) is 24.5 Å². The zero-order chi connectivity index (χ0) is 19.8. The van der Waals surface area contributed by atoms with Crippen LogP contribution in [0.1, 0.15) is 42.6 Å². The fourth-order valence-electron chi connectivity index (χ4n) is 3.90. The molecular formula is C22H23FN2O3. The van der Waals surface area contributed by atoms with Gasteiger partial charge >= 0.3 is 0 Å². The molecule has 2 heterocycles. The van der Waals surface area contributed by atoms with Crippen LogP contribution in [0.15, 0.2) is 36.4 Å². The van der Waals surface area contributed by atoms with Gasteiger partial charge in [0.25, 0.3) is 5.91 Å². The number of halogens is 1. The van der Waals surface area contributed by atoms with Crippen LogP contribution in [-0.2, 0) is 11.2 Å². The van der Waals surface area contributed by atoms with Crippen molar-refractivity contribution >= 4 is 23.2 Å². The molecule has 1 atom stereocenters. The van der Waals surface area contributed by atoms with Crippen LogP contribution < -0.4 is 15.0 Å². The highest BCUT2D eigenvalue weighted by Gasteiger charge is 2.34. The Balaban J connectivity index is 1.73. The number of rotatable bonds is 3. The van der Waals surface area contributed by atoms with Crippen molar-refractivity contribution in [1.29, 1.82) is 0 Å². The van der Waals surface area contributed by atoms with E-state index in [-0.39, 0.29) is 17.9 Å². The second-order valence-corrected chi connectivity index (χ2v) is 7.80. The molecule has 4 rings (SSSR count). The molecule has 2 aliphatic heterocycles. The van der Waals surface area contributed by atoms with Gasteiger partial charge in [-0.25, -0.2) is 4.39 Å². The number of aryl methyl sites for hydroxylation is 1. The van der Waals surface area contributed by atoms with E-state index >= 15 is 0 Å².